The summed E-state index contributed by atoms with van der Waals surface area (Å²) >= 11 is 0. The number of rotatable bonds is 3. The van der Waals surface area contributed by atoms with E-state index in [4.69, 9.17) is 5.73 Å². The van der Waals surface area contributed by atoms with E-state index in [0.717, 1.165) is 30.9 Å². The molecule has 0 aliphatic carbocycles. The third-order valence-corrected chi connectivity index (χ3v) is 4.57. The fourth-order valence-electron chi connectivity index (χ4n) is 3.03. The van der Waals surface area contributed by atoms with E-state index in [2.05, 4.69) is 33.4 Å². The first kappa shape index (κ1) is 14.1. The Morgan fingerprint density at radius 1 is 1.33 bits per heavy atom. The van der Waals surface area contributed by atoms with Crippen LogP contribution in [0.15, 0.2) is 30.9 Å². The van der Waals surface area contributed by atoms with E-state index in [1.54, 1.807) is 6.20 Å². The van der Waals surface area contributed by atoms with Gasteiger partial charge in [0.25, 0.3) is 0 Å². The molecule has 3 rings (SSSR count). The largest absolute Gasteiger partial charge is 0.383 e. The molecular formula is C16H23N5. The van der Waals surface area contributed by atoms with Gasteiger partial charge in [0.1, 0.15) is 5.82 Å². The number of piperidine rings is 1. The van der Waals surface area contributed by atoms with Crippen molar-refractivity contribution in [2.75, 3.05) is 25.9 Å². The standard InChI is InChI=1S/C16H23N5/c1-16(5-8-20(2)9-6-16)11-21-12-18-10-14(21)13-4-3-7-19-15(13)17/h3-4,7,10,12H,5-6,8-9,11H2,1-2H3,(H2,17,19). The van der Waals surface area contributed by atoms with Crippen LogP contribution in [0, 0.1) is 5.41 Å². The molecule has 2 aromatic heterocycles. The summed E-state index contributed by atoms with van der Waals surface area (Å²) in [7, 11) is 2.19. The maximum Gasteiger partial charge on any atom is 0.132 e. The third kappa shape index (κ3) is 2.93. The number of imidazole rings is 1. The van der Waals surface area contributed by atoms with Gasteiger partial charge in [0.05, 0.1) is 18.2 Å². The zero-order chi connectivity index (χ0) is 14.9. The molecule has 0 amide bonds. The summed E-state index contributed by atoms with van der Waals surface area (Å²) in [4.78, 5) is 10.9. The van der Waals surface area contributed by atoms with Crippen molar-refractivity contribution in [3.63, 3.8) is 0 Å². The number of nitrogen functional groups attached to an aromatic ring is 1. The summed E-state index contributed by atoms with van der Waals surface area (Å²) in [5.74, 6) is 0.563. The lowest BCUT2D eigenvalue weighted by Crippen LogP contribution is -2.38. The second kappa shape index (κ2) is 5.48. The van der Waals surface area contributed by atoms with Crippen molar-refractivity contribution in [2.45, 2.75) is 26.3 Å². The van der Waals surface area contributed by atoms with E-state index in [1.165, 1.54) is 12.8 Å². The Balaban J connectivity index is 1.85. The lowest BCUT2D eigenvalue weighted by atomic mass is 9.80. The molecule has 0 unspecified atom stereocenters. The van der Waals surface area contributed by atoms with Crippen molar-refractivity contribution in [3.8, 4) is 11.3 Å². The number of nitrogens with zero attached hydrogens (tertiary/aromatic N) is 4. The van der Waals surface area contributed by atoms with Gasteiger partial charge in [-0.05, 0) is 50.5 Å². The quantitative estimate of drug-likeness (QED) is 0.939. The molecular weight excluding hydrogens is 262 g/mol. The van der Waals surface area contributed by atoms with Crippen LogP contribution in [0.3, 0.4) is 0 Å². The van der Waals surface area contributed by atoms with E-state index in [9.17, 15) is 0 Å². The predicted octanol–water partition coefficient (Wildman–Crippen LogP) is 2.26. The fraction of sp³-hybridized carbons (Fsp3) is 0.500. The second-order valence-electron chi connectivity index (χ2n) is 6.46. The Hall–Kier alpha value is -1.88. The van der Waals surface area contributed by atoms with E-state index in [0.29, 0.717) is 11.2 Å². The van der Waals surface area contributed by atoms with Gasteiger partial charge in [-0.15, -0.1) is 0 Å². The van der Waals surface area contributed by atoms with Crippen molar-refractivity contribution in [3.05, 3.63) is 30.9 Å². The molecule has 0 aromatic carbocycles. The summed E-state index contributed by atoms with van der Waals surface area (Å²) in [5, 5.41) is 0. The average molecular weight is 285 g/mol. The molecule has 1 aliphatic rings. The highest BCUT2D eigenvalue weighted by Crippen LogP contribution is 2.34. The Morgan fingerprint density at radius 3 is 2.81 bits per heavy atom. The van der Waals surface area contributed by atoms with E-state index < -0.39 is 0 Å². The summed E-state index contributed by atoms with van der Waals surface area (Å²) in [5.41, 5.74) is 8.35. The van der Waals surface area contributed by atoms with Crippen molar-refractivity contribution < 1.29 is 0 Å². The van der Waals surface area contributed by atoms with Crippen LogP contribution in [0.4, 0.5) is 5.82 Å². The normalized spacial score (nSPS) is 18.8. The lowest BCUT2D eigenvalue weighted by molar-refractivity contribution is 0.121. The fourth-order valence-corrected chi connectivity index (χ4v) is 3.03. The lowest BCUT2D eigenvalue weighted by Gasteiger charge is -2.38. The van der Waals surface area contributed by atoms with Crippen LogP contribution < -0.4 is 5.73 Å². The number of anilines is 1. The SMILES string of the molecule is CN1CCC(C)(Cn2cncc2-c2cccnc2N)CC1. The molecule has 1 saturated heterocycles. The monoisotopic (exact) mass is 285 g/mol. The number of pyridine rings is 1. The summed E-state index contributed by atoms with van der Waals surface area (Å²) < 4.78 is 2.22. The molecule has 0 spiro atoms. The molecule has 112 valence electrons. The second-order valence-corrected chi connectivity index (χ2v) is 6.46. The van der Waals surface area contributed by atoms with Crippen molar-refractivity contribution in [2.24, 2.45) is 5.41 Å². The van der Waals surface area contributed by atoms with Crippen LogP contribution in [0.2, 0.25) is 0 Å². The minimum absolute atomic E-state index is 0.318. The van der Waals surface area contributed by atoms with Gasteiger partial charge in [0, 0.05) is 18.3 Å². The Kier molecular flexibility index (Phi) is 3.68. The van der Waals surface area contributed by atoms with E-state index >= 15 is 0 Å². The Morgan fingerprint density at radius 2 is 2.10 bits per heavy atom. The Bertz CT molecular complexity index is 611. The van der Waals surface area contributed by atoms with Gasteiger partial charge in [-0.3, -0.25) is 0 Å². The summed E-state index contributed by atoms with van der Waals surface area (Å²) in [6.45, 7) is 5.67. The van der Waals surface area contributed by atoms with Gasteiger partial charge in [0.15, 0.2) is 0 Å². The number of nitrogens with two attached hydrogens (primary N) is 1. The predicted molar refractivity (Wildman–Crippen MR) is 84.7 cm³/mol. The van der Waals surface area contributed by atoms with Crippen LogP contribution in [0.1, 0.15) is 19.8 Å². The molecule has 0 saturated carbocycles. The average Bonchev–Trinajstić information content (AvgIpc) is 2.91. The molecule has 0 bridgehead atoms. The number of aromatic nitrogens is 3. The van der Waals surface area contributed by atoms with Crippen LogP contribution in [-0.4, -0.2) is 39.6 Å². The molecule has 21 heavy (non-hydrogen) atoms. The van der Waals surface area contributed by atoms with E-state index in [-0.39, 0.29) is 0 Å². The third-order valence-electron chi connectivity index (χ3n) is 4.57. The minimum Gasteiger partial charge on any atom is -0.383 e. The zero-order valence-electron chi connectivity index (χ0n) is 12.8. The maximum absolute atomic E-state index is 6.01. The van der Waals surface area contributed by atoms with Crippen molar-refractivity contribution in [1.29, 1.82) is 0 Å². The highest BCUT2D eigenvalue weighted by molar-refractivity contribution is 5.70. The summed E-state index contributed by atoms with van der Waals surface area (Å²) in [6.07, 6.45) is 7.93. The van der Waals surface area contributed by atoms with Gasteiger partial charge >= 0.3 is 0 Å². The minimum atomic E-state index is 0.318. The van der Waals surface area contributed by atoms with E-state index in [1.807, 2.05) is 24.7 Å². The molecule has 2 N–H and O–H groups in total. The molecule has 0 atom stereocenters. The first-order valence-electron chi connectivity index (χ1n) is 7.47. The number of hydrogen-bond donors (Lipinski definition) is 1. The van der Waals surface area contributed by atoms with Gasteiger partial charge < -0.3 is 15.2 Å². The molecule has 5 nitrogen and oxygen atoms in total. The molecule has 0 radical (unpaired) electrons. The number of hydrogen-bond acceptors (Lipinski definition) is 4. The van der Waals surface area contributed by atoms with Crippen LogP contribution in [-0.2, 0) is 6.54 Å². The van der Waals surface area contributed by atoms with Crippen LogP contribution in [0.5, 0.6) is 0 Å². The first-order valence-corrected chi connectivity index (χ1v) is 7.47. The van der Waals surface area contributed by atoms with Gasteiger partial charge in [-0.25, -0.2) is 9.97 Å². The smallest absolute Gasteiger partial charge is 0.132 e. The van der Waals surface area contributed by atoms with Crippen molar-refractivity contribution in [1.82, 2.24) is 19.4 Å². The summed E-state index contributed by atoms with van der Waals surface area (Å²) in [6, 6.07) is 3.92. The zero-order valence-corrected chi connectivity index (χ0v) is 12.8. The topological polar surface area (TPSA) is 60.0 Å². The first-order chi connectivity index (χ1) is 10.1. The molecule has 5 heteroatoms. The highest BCUT2D eigenvalue weighted by atomic mass is 15.1. The number of likely N-dealkylation sites (tertiary alicyclic amines) is 1. The Labute approximate surface area is 125 Å². The molecule has 3 heterocycles. The van der Waals surface area contributed by atoms with Crippen molar-refractivity contribution >= 4 is 5.82 Å². The van der Waals surface area contributed by atoms with Gasteiger partial charge in [-0.2, -0.15) is 0 Å². The maximum atomic E-state index is 6.01. The van der Waals surface area contributed by atoms with Crippen LogP contribution >= 0.6 is 0 Å². The van der Waals surface area contributed by atoms with Gasteiger partial charge in [0.2, 0.25) is 0 Å². The van der Waals surface area contributed by atoms with Gasteiger partial charge in [-0.1, -0.05) is 6.92 Å². The molecule has 1 fully saturated rings. The molecule has 1 aliphatic heterocycles. The highest BCUT2D eigenvalue weighted by Gasteiger charge is 2.30. The van der Waals surface area contributed by atoms with Crippen LogP contribution in [0.25, 0.3) is 11.3 Å². The molecule has 2 aromatic rings.